The molecule has 1 unspecified atom stereocenters. The molecule has 0 spiro atoms. The molecule has 26 heavy (non-hydrogen) atoms. The fourth-order valence-electron chi connectivity index (χ4n) is 3.30. The maximum atomic E-state index is 12.8. The lowest BCUT2D eigenvalue weighted by Gasteiger charge is -2.29. The van der Waals surface area contributed by atoms with Gasteiger partial charge in [-0.05, 0) is 30.5 Å². The first-order valence-corrected chi connectivity index (χ1v) is 8.77. The summed E-state index contributed by atoms with van der Waals surface area (Å²) in [6.07, 6.45) is 0.601. The van der Waals surface area contributed by atoms with Gasteiger partial charge in [-0.25, -0.2) is 0 Å². The molecule has 2 heterocycles. The van der Waals surface area contributed by atoms with E-state index in [0.717, 1.165) is 11.1 Å². The Morgan fingerprint density at radius 3 is 2.85 bits per heavy atom. The fourth-order valence-corrected chi connectivity index (χ4v) is 3.30. The standard InChI is InChI=1S/C18H24N4O4/c1-10(14(19)9-23)20-7-11-2-3-12-8-22(18(26)13(12)6-11)15-4-5-16(24)21-17(15)25/h2-3,6,10,14-15,20,23H,4-5,7-9,19H2,1H3,(H,21,24,25)/t10-,14-,15?/m1/s1. The fraction of sp³-hybridized carbons (Fsp3) is 0.500. The molecule has 8 heteroatoms. The van der Waals surface area contributed by atoms with Crippen LogP contribution >= 0.6 is 0 Å². The van der Waals surface area contributed by atoms with E-state index in [4.69, 9.17) is 10.8 Å². The van der Waals surface area contributed by atoms with Gasteiger partial charge in [0.15, 0.2) is 0 Å². The summed E-state index contributed by atoms with van der Waals surface area (Å²) in [6, 6.07) is 4.64. The Labute approximate surface area is 151 Å². The van der Waals surface area contributed by atoms with Crippen LogP contribution in [0.3, 0.4) is 0 Å². The number of aliphatic hydroxyl groups is 1. The van der Waals surface area contributed by atoms with Crippen molar-refractivity contribution < 1.29 is 19.5 Å². The van der Waals surface area contributed by atoms with Gasteiger partial charge in [0.25, 0.3) is 5.91 Å². The third-order valence-electron chi connectivity index (χ3n) is 5.07. The Bertz CT molecular complexity index is 736. The molecule has 5 N–H and O–H groups in total. The summed E-state index contributed by atoms with van der Waals surface area (Å²) in [7, 11) is 0. The first-order valence-electron chi connectivity index (χ1n) is 8.77. The topological polar surface area (TPSA) is 125 Å². The van der Waals surface area contributed by atoms with Crippen LogP contribution in [0.25, 0.3) is 0 Å². The Kier molecular flexibility index (Phi) is 5.36. The highest BCUT2D eigenvalue weighted by Crippen LogP contribution is 2.28. The number of nitrogens with two attached hydrogens (primary N) is 1. The molecule has 0 bridgehead atoms. The summed E-state index contributed by atoms with van der Waals surface area (Å²) >= 11 is 0. The molecular formula is C18H24N4O4. The van der Waals surface area contributed by atoms with E-state index >= 15 is 0 Å². The molecule has 1 fully saturated rings. The third kappa shape index (κ3) is 3.62. The molecule has 1 aromatic carbocycles. The number of nitrogens with zero attached hydrogens (tertiary/aromatic N) is 1. The number of hydrogen-bond donors (Lipinski definition) is 4. The zero-order chi connectivity index (χ0) is 18.8. The number of amides is 3. The van der Waals surface area contributed by atoms with Crippen molar-refractivity contribution in [2.24, 2.45) is 5.73 Å². The lowest BCUT2D eigenvalue weighted by atomic mass is 10.0. The van der Waals surface area contributed by atoms with Gasteiger partial charge in [0.05, 0.1) is 6.61 Å². The normalized spacial score (nSPS) is 22.2. The molecule has 8 nitrogen and oxygen atoms in total. The number of rotatable bonds is 6. The van der Waals surface area contributed by atoms with Crippen LogP contribution < -0.4 is 16.4 Å². The molecule has 0 radical (unpaired) electrons. The van der Waals surface area contributed by atoms with Crippen LogP contribution in [0.4, 0.5) is 0 Å². The molecular weight excluding hydrogens is 336 g/mol. The molecule has 3 amide bonds. The first-order chi connectivity index (χ1) is 12.4. The van der Waals surface area contributed by atoms with Crippen LogP contribution in [0.2, 0.25) is 0 Å². The van der Waals surface area contributed by atoms with E-state index in [9.17, 15) is 14.4 Å². The van der Waals surface area contributed by atoms with E-state index in [1.807, 2.05) is 25.1 Å². The van der Waals surface area contributed by atoms with E-state index < -0.39 is 11.9 Å². The second kappa shape index (κ2) is 7.53. The zero-order valence-electron chi connectivity index (χ0n) is 14.7. The molecule has 140 valence electrons. The van der Waals surface area contributed by atoms with Crippen LogP contribution in [0, 0.1) is 0 Å². The van der Waals surface area contributed by atoms with Gasteiger partial charge in [-0.15, -0.1) is 0 Å². The van der Waals surface area contributed by atoms with Crippen LogP contribution in [0.15, 0.2) is 18.2 Å². The molecule has 1 saturated heterocycles. The van der Waals surface area contributed by atoms with Gasteiger partial charge in [-0.1, -0.05) is 12.1 Å². The van der Waals surface area contributed by atoms with Crippen molar-refractivity contribution in [1.82, 2.24) is 15.5 Å². The summed E-state index contributed by atoms with van der Waals surface area (Å²) in [5.74, 6) is -0.883. The molecule has 3 atom stereocenters. The molecule has 0 aliphatic carbocycles. The van der Waals surface area contributed by atoms with Crippen LogP contribution in [-0.2, 0) is 22.7 Å². The van der Waals surface area contributed by atoms with Crippen molar-refractivity contribution in [3.05, 3.63) is 34.9 Å². The summed E-state index contributed by atoms with van der Waals surface area (Å²) in [5.41, 5.74) is 8.18. The highest BCUT2D eigenvalue weighted by molar-refractivity contribution is 6.05. The maximum Gasteiger partial charge on any atom is 0.255 e. The second-order valence-electron chi connectivity index (χ2n) is 6.91. The number of imide groups is 1. The van der Waals surface area contributed by atoms with Crippen molar-refractivity contribution in [3.8, 4) is 0 Å². The van der Waals surface area contributed by atoms with Crippen LogP contribution in [0.5, 0.6) is 0 Å². The predicted octanol–water partition coefficient (Wildman–Crippen LogP) is -0.755. The van der Waals surface area contributed by atoms with E-state index in [2.05, 4.69) is 10.6 Å². The van der Waals surface area contributed by atoms with Crippen molar-refractivity contribution in [2.45, 2.75) is 51.0 Å². The van der Waals surface area contributed by atoms with Crippen molar-refractivity contribution in [1.29, 1.82) is 0 Å². The second-order valence-corrected chi connectivity index (χ2v) is 6.91. The minimum absolute atomic E-state index is 0.0658. The number of fused-ring (bicyclic) bond motifs is 1. The zero-order valence-corrected chi connectivity index (χ0v) is 14.7. The Hall–Kier alpha value is -2.29. The van der Waals surface area contributed by atoms with Crippen molar-refractivity contribution in [3.63, 3.8) is 0 Å². The van der Waals surface area contributed by atoms with Gasteiger partial charge >= 0.3 is 0 Å². The first kappa shape index (κ1) is 18.5. The minimum Gasteiger partial charge on any atom is -0.395 e. The van der Waals surface area contributed by atoms with E-state index in [1.165, 1.54) is 4.90 Å². The minimum atomic E-state index is -0.600. The molecule has 1 aromatic rings. The highest BCUT2D eigenvalue weighted by Gasteiger charge is 2.39. The van der Waals surface area contributed by atoms with Crippen LogP contribution in [-0.4, -0.2) is 52.5 Å². The smallest absolute Gasteiger partial charge is 0.255 e. The van der Waals surface area contributed by atoms with Gasteiger partial charge in [-0.2, -0.15) is 0 Å². The van der Waals surface area contributed by atoms with Crippen LogP contribution in [0.1, 0.15) is 41.3 Å². The van der Waals surface area contributed by atoms with Gasteiger partial charge in [0.2, 0.25) is 11.8 Å². The quantitative estimate of drug-likeness (QED) is 0.495. The average Bonchev–Trinajstić information content (AvgIpc) is 2.95. The summed E-state index contributed by atoms with van der Waals surface area (Å²) in [5, 5.41) is 14.6. The van der Waals surface area contributed by atoms with Gasteiger partial charge in [0.1, 0.15) is 6.04 Å². The van der Waals surface area contributed by atoms with Gasteiger partial charge in [-0.3, -0.25) is 19.7 Å². The number of carbonyl (C=O) groups excluding carboxylic acids is 3. The third-order valence-corrected chi connectivity index (χ3v) is 5.07. The van der Waals surface area contributed by atoms with Gasteiger partial charge in [0, 0.05) is 37.2 Å². The molecule has 2 aliphatic heterocycles. The predicted molar refractivity (Wildman–Crippen MR) is 93.9 cm³/mol. The molecule has 0 saturated carbocycles. The maximum absolute atomic E-state index is 12.8. The van der Waals surface area contributed by atoms with E-state index in [0.29, 0.717) is 25.1 Å². The number of benzene rings is 1. The van der Waals surface area contributed by atoms with E-state index in [-0.39, 0.29) is 36.9 Å². The largest absolute Gasteiger partial charge is 0.395 e. The SMILES string of the molecule is C[C@@H](NCc1ccc2c(c1)C(=O)N(C1CCC(=O)NC1=O)C2)[C@H](N)CO. The van der Waals surface area contributed by atoms with Crippen molar-refractivity contribution in [2.75, 3.05) is 6.61 Å². The number of piperidine rings is 1. The summed E-state index contributed by atoms with van der Waals surface area (Å²) in [4.78, 5) is 37.7. The summed E-state index contributed by atoms with van der Waals surface area (Å²) in [6.45, 7) is 2.69. The highest BCUT2D eigenvalue weighted by atomic mass is 16.3. The number of hydrogen-bond acceptors (Lipinski definition) is 6. The summed E-state index contributed by atoms with van der Waals surface area (Å²) < 4.78 is 0. The Morgan fingerprint density at radius 2 is 2.15 bits per heavy atom. The molecule has 0 aromatic heterocycles. The lowest BCUT2D eigenvalue weighted by molar-refractivity contribution is -0.136. The number of nitrogens with one attached hydrogen (secondary N) is 2. The Balaban J connectivity index is 1.69. The number of aliphatic hydroxyl groups excluding tert-OH is 1. The van der Waals surface area contributed by atoms with E-state index in [1.54, 1.807) is 0 Å². The molecule has 3 rings (SSSR count). The molecule has 2 aliphatic rings. The lowest BCUT2D eigenvalue weighted by Crippen LogP contribution is -2.52. The number of carbonyl (C=O) groups is 3. The monoisotopic (exact) mass is 360 g/mol. The van der Waals surface area contributed by atoms with Gasteiger partial charge < -0.3 is 21.1 Å². The average molecular weight is 360 g/mol. The van der Waals surface area contributed by atoms with Crippen molar-refractivity contribution >= 4 is 17.7 Å². The Morgan fingerprint density at radius 1 is 1.38 bits per heavy atom.